The highest BCUT2D eigenvalue weighted by atomic mass is 32.1. The van der Waals surface area contributed by atoms with Crippen LogP contribution in [-0.4, -0.2) is 180 Å². The van der Waals surface area contributed by atoms with Crippen LogP contribution in [0.2, 0.25) is 0 Å². The van der Waals surface area contributed by atoms with Crippen molar-refractivity contribution in [3.05, 3.63) is 106 Å². The fourth-order valence-corrected chi connectivity index (χ4v) is 10.6. The number of rotatable bonds is 39. The van der Waals surface area contributed by atoms with E-state index in [1.165, 1.54) is 54.6 Å². The standard InChI is InChI=1S/C67H79N11O22S/c1-32(2)23-46(59(68)91)74-65(97)48(25-35-9-7-6-8-10-35)76-61(93)43(17-20-53(83)84)71-52(82)30-69-67(99)58(34(5)79)78-63(95)45(19-22-55(87)88)72-62(94)44(18-21-54(85)86)73-66(98)49(29-56(89)90)77-64(96)47(24-33(3)4)75-60(92)42-26-36(70-31-101)11-14-39(42)57-40-15-12-37(80)27-50(40)100-51-28-38(81)13-16-41(51)57/h6-16,26-28,32-34,43-49,58,79-80H,17-25,29-30H2,1-5H3,(H2,68,91)(H,69,99)(H,71,82)(H,72,94)(H,73,98)(H,74,97)(H,75,92)(H,76,93)(H,77,96)(H,78,95)(H,83,84)(H,85,86)(H,87,88)(H,89,90)/t34-,43+,44+,45+,46+,47+,48+,49+,58+/m1/s1. The maximum Gasteiger partial charge on any atom is 0.305 e. The van der Waals surface area contributed by atoms with E-state index in [2.05, 4.69) is 58.0 Å². The second kappa shape index (κ2) is 38.0. The smallest absolute Gasteiger partial charge is 0.305 e. The maximum absolute atomic E-state index is 14.7. The van der Waals surface area contributed by atoms with Crippen molar-refractivity contribution in [2.75, 3.05) is 6.54 Å². The van der Waals surface area contributed by atoms with E-state index in [1.807, 2.05) is 0 Å². The molecule has 1 heterocycles. The van der Waals surface area contributed by atoms with Crippen molar-refractivity contribution in [1.29, 1.82) is 0 Å². The number of hydrogen-bond donors (Lipinski definition) is 16. The zero-order valence-electron chi connectivity index (χ0n) is 55.4. The second-order valence-corrected chi connectivity index (χ2v) is 24.6. The number of hydrogen-bond acceptors (Lipinski definition) is 20. The molecule has 3 aromatic rings. The largest absolute Gasteiger partial charge is 0.508 e. The zero-order valence-corrected chi connectivity index (χ0v) is 56.2. The Morgan fingerprint density at radius 3 is 1.59 bits per heavy atom. The summed E-state index contributed by atoms with van der Waals surface area (Å²) >= 11 is 4.82. The minimum Gasteiger partial charge on any atom is -0.508 e. The summed E-state index contributed by atoms with van der Waals surface area (Å²) < 4.78 is 5.98. The number of phenols is 1. The lowest BCUT2D eigenvalue weighted by atomic mass is 9.90. The number of benzene rings is 4. The molecular weight excluding hydrogens is 1340 g/mol. The molecule has 0 bridgehead atoms. The van der Waals surface area contributed by atoms with Gasteiger partial charge in [-0.2, -0.15) is 4.99 Å². The molecule has 9 atom stereocenters. The van der Waals surface area contributed by atoms with Gasteiger partial charge in [-0.25, -0.2) is 0 Å². The number of carbonyl (C=O) groups is 14. The van der Waals surface area contributed by atoms with E-state index in [9.17, 15) is 103 Å². The molecule has 5 rings (SSSR count). The molecular formula is C67H79N11O22S. The van der Waals surface area contributed by atoms with E-state index in [0.717, 1.165) is 6.92 Å². The number of primary amides is 1. The molecule has 0 unspecified atom stereocenters. The summed E-state index contributed by atoms with van der Waals surface area (Å²) in [6, 6.07) is 6.68. The quantitative estimate of drug-likeness (QED) is 0.0147. The molecule has 2 aliphatic rings. The first-order chi connectivity index (χ1) is 47.6. The number of amides is 10. The van der Waals surface area contributed by atoms with E-state index in [0.29, 0.717) is 22.1 Å². The summed E-state index contributed by atoms with van der Waals surface area (Å²) in [6.07, 6.45) is -7.83. The van der Waals surface area contributed by atoms with E-state index in [4.69, 9.17) is 22.4 Å². The molecule has 0 saturated carbocycles. The fraction of sp³-hybridized carbons (Fsp3) is 0.403. The van der Waals surface area contributed by atoms with Gasteiger partial charge in [0, 0.05) is 59.9 Å². The van der Waals surface area contributed by atoms with Crippen molar-refractivity contribution in [3.8, 4) is 28.2 Å². The minimum atomic E-state index is -2.10. The number of aromatic hydroxyl groups is 1. The molecule has 1 aliphatic heterocycles. The summed E-state index contributed by atoms with van der Waals surface area (Å²) in [5.74, 6) is -18.3. The van der Waals surface area contributed by atoms with Gasteiger partial charge in [0.2, 0.25) is 53.2 Å². The minimum absolute atomic E-state index is 0.0732. The number of nitrogens with zero attached hydrogens (tertiary/aromatic N) is 1. The van der Waals surface area contributed by atoms with E-state index < -0.39 is 200 Å². The predicted molar refractivity (Wildman–Crippen MR) is 361 cm³/mol. The number of aliphatic hydroxyl groups is 1. The number of carboxylic acids is 4. The third-order valence-electron chi connectivity index (χ3n) is 15.3. The number of fused-ring (bicyclic) bond motifs is 2. The van der Waals surface area contributed by atoms with Gasteiger partial charge in [-0.05, 0) is 111 Å². The predicted octanol–water partition coefficient (Wildman–Crippen LogP) is 0.883. The number of aliphatic imine (C=N–C) groups is 1. The average molecular weight is 1420 g/mol. The summed E-state index contributed by atoms with van der Waals surface area (Å²) in [7, 11) is 0. The van der Waals surface area contributed by atoms with Crippen LogP contribution < -0.4 is 59.0 Å². The van der Waals surface area contributed by atoms with Gasteiger partial charge in [-0.1, -0.05) is 64.1 Å². The van der Waals surface area contributed by atoms with E-state index in [-0.39, 0.29) is 59.1 Å². The summed E-state index contributed by atoms with van der Waals surface area (Å²) in [4.78, 5) is 203. The van der Waals surface area contributed by atoms with Crippen molar-refractivity contribution in [1.82, 2.24) is 47.9 Å². The topological polar surface area (TPSA) is 537 Å². The Kier molecular flexibility index (Phi) is 30.2. The van der Waals surface area contributed by atoms with Crippen LogP contribution >= 0.6 is 12.2 Å². The summed E-state index contributed by atoms with van der Waals surface area (Å²) in [5.41, 5.74) is 6.62. The molecule has 0 aromatic heterocycles. The summed E-state index contributed by atoms with van der Waals surface area (Å²) in [5, 5.41) is 83.3. The van der Waals surface area contributed by atoms with Gasteiger partial charge in [0.05, 0.1) is 29.9 Å². The highest BCUT2D eigenvalue weighted by molar-refractivity contribution is 7.78. The molecule has 1 aliphatic carbocycles. The molecule has 3 aromatic carbocycles. The first-order valence-electron chi connectivity index (χ1n) is 31.6. The molecule has 540 valence electrons. The number of nitrogens with one attached hydrogen (secondary N) is 9. The van der Waals surface area contributed by atoms with Crippen molar-refractivity contribution in [2.24, 2.45) is 22.6 Å². The Bertz CT molecular complexity index is 4010. The molecule has 0 fully saturated rings. The van der Waals surface area contributed by atoms with Crippen LogP contribution in [0.3, 0.4) is 0 Å². The molecule has 17 N–H and O–H groups in total. The second-order valence-electron chi connectivity index (χ2n) is 24.4. The third kappa shape index (κ3) is 25.1. The number of carbonyl (C=O) groups excluding carboxylic acids is 10. The number of phenolic OH excluding ortho intramolecular Hbond substituents is 1. The van der Waals surface area contributed by atoms with Crippen molar-refractivity contribution < 1.29 is 102 Å². The van der Waals surface area contributed by atoms with Crippen molar-refractivity contribution >= 4 is 117 Å². The van der Waals surface area contributed by atoms with Crippen LogP contribution in [0.4, 0.5) is 5.69 Å². The number of aliphatic carboxylic acids is 4. The zero-order chi connectivity index (χ0) is 74.9. The molecule has 34 heteroatoms. The lowest BCUT2D eigenvalue weighted by Crippen LogP contribution is -2.61. The van der Waals surface area contributed by atoms with Crippen LogP contribution in [-0.2, 0) is 68.7 Å². The van der Waals surface area contributed by atoms with Gasteiger partial charge in [0.25, 0.3) is 5.91 Å². The number of carboxylic acid groups (broad SMARTS) is 4. The van der Waals surface area contributed by atoms with Gasteiger partial charge >= 0.3 is 23.9 Å². The molecule has 101 heavy (non-hydrogen) atoms. The fourth-order valence-electron chi connectivity index (χ4n) is 10.5. The SMILES string of the molecule is CC(C)C[C@H](NC(=O)[C@H](Cc1ccccc1)NC(=O)[C@H](CCC(=O)O)NC(=O)CNC(=O)[C@@H](NC(=O)[C@H](CCC(=O)O)NC(=O)[C@H](CCC(=O)O)NC(=O)[C@H](CC(=O)O)NC(=O)[C@H](CC(C)C)NC(=O)c1cc(N=C=S)ccc1-c1c2ccc(=O)cc-2oc2cc(O)ccc12)[C@@H](C)O)C(N)=O. The average Bonchev–Trinajstić information content (AvgIpc) is 0.747. The Morgan fingerprint density at radius 1 is 0.545 bits per heavy atom. The van der Waals surface area contributed by atoms with Gasteiger partial charge in [0.1, 0.15) is 65.4 Å². The highest BCUT2D eigenvalue weighted by Crippen LogP contribution is 2.43. The Hall–Kier alpha value is -11.5. The molecule has 33 nitrogen and oxygen atoms in total. The first kappa shape index (κ1) is 80.2. The maximum atomic E-state index is 14.7. The first-order valence-corrected chi connectivity index (χ1v) is 32.1. The van der Waals surface area contributed by atoms with Gasteiger partial charge in [-0.15, -0.1) is 0 Å². The van der Waals surface area contributed by atoms with Crippen LogP contribution in [0.1, 0.15) is 108 Å². The third-order valence-corrected chi connectivity index (χ3v) is 15.4. The van der Waals surface area contributed by atoms with Crippen LogP contribution in [0.5, 0.6) is 5.75 Å². The number of nitrogens with two attached hydrogens (primary N) is 1. The van der Waals surface area contributed by atoms with Crippen molar-refractivity contribution in [2.45, 2.75) is 153 Å². The number of aliphatic hydroxyl groups excluding tert-OH is 1. The Morgan fingerprint density at radius 2 is 1.05 bits per heavy atom. The monoisotopic (exact) mass is 1420 g/mol. The van der Waals surface area contributed by atoms with E-state index in [1.54, 1.807) is 58.0 Å². The molecule has 0 spiro atoms. The molecule has 0 radical (unpaired) electrons. The number of thiocarbonyl (C=S) groups is 1. The van der Waals surface area contributed by atoms with Gasteiger partial charge < -0.3 is 88.6 Å². The highest BCUT2D eigenvalue weighted by Gasteiger charge is 2.37. The Labute approximate surface area is 581 Å². The Balaban J connectivity index is 1.35. The lowest BCUT2D eigenvalue weighted by Gasteiger charge is -2.27. The molecule has 0 saturated heterocycles. The normalized spacial score (nSPS) is 13.7. The molecule has 10 amide bonds. The van der Waals surface area contributed by atoms with Gasteiger partial charge in [-0.3, -0.25) is 71.9 Å². The lowest BCUT2D eigenvalue weighted by molar-refractivity contribution is -0.142. The van der Waals surface area contributed by atoms with Crippen LogP contribution in [0.25, 0.3) is 33.4 Å². The number of isothiocyanates is 1. The summed E-state index contributed by atoms with van der Waals surface area (Å²) in [6.45, 7) is 6.86. The van der Waals surface area contributed by atoms with E-state index >= 15 is 0 Å². The van der Waals surface area contributed by atoms with Crippen LogP contribution in [0, 0.1) is 11.8 Å². The van der Waals surface area contributed by atoms with Gasteiger partial charge in [0.15, 0.2) is 5.43 Å². The van der Waals surface area contributed by atoms with Crippen molar-refractivity contribution in [3.63, 3.8) is 0 Å². The van der Waals surface area contributed by atoms with Crippen LogP contribution in [0.15, 0.2) is 99.1 Å².